The Labute approximate surface area is 117 Å². The number of hydrogen-bond acceptors (Lipinski definition) is 3. The second kappa shape index (κ2) is 5.47. The summed E-state index contributed by atoms with van der Waals surface area (Å²) in [6, 6.07) is 4.05. The molecule has 1 aromatic heterocycles. The van der Waals surface area contributed by atoms with Crippen molar-refractivity contribution in [2.45, 2.75) is 19.4 Å². The number of carbonyl (C=O) groups excluding carboxylic acids is 1. The van der Waals surface area contributed by atoms with Crippen LogP contribution in [0.15, 0.2) is 29.7 Å². The van der Waals surface area contributed by atoms with Crippen LogP contribution < -0.4 is 0 Å². The monoisotopic (exact) mass is 277 g/mol. The molecule has 102 valence electrons. The van der Waals surface area contributed by atoms with Gasteiger partial charge in [-0.3, -0.25) is 4.79 Å². The van der Waals surface area contributed by atoms with Crippen LogP contribution >= 0.6 is 11.3 Å². The van der Waals surface area contributed by atoms with Gasteiger partial charge >= 0.3 is 0 Å². The molecule has 0 radical (unpaired) electrons. The van der Waals surface area contributed by atoms with E-state index < -0.39 is 0 Å². The molecular weight excluding hydrogens is 258 g/mol. The summed E-state index contributed by atoms with van der Waals surface area (Å²) in [6.07, 6.45) is 6.60. The fourth-order valence-electron chi connectivity index (χ4n) is 3.28. The van der Waals surface area contributed by atoms with E-state index in [2.05, 4.69) is 12.2 Å². The Kier molecular flexibility index (Phi) is 3.71. The smallest absolute Gasteiger partial charge is 0.226 e. The van der Waals surface area contributed by atoms with Gasteiger partial charge in [-0.1, -0.05) is 18.2 Å². The van der Waals surface area contributed by atoms with Gasteiger partial charge in [-0.15, -0.1) is 11.3 Å². The van der Waals surface area contributed by atoms with E-state index in [1.165, 1.54) is 4.88 Å². The van der Waals surface area contributed by atoms with Crippen LogP contribution in [0, 0.1) is 17.8 Å². The average Bonchev–Trinajstić information content (AvgIpc) is 3.14. The van der Waals surface area contributed by atoms with E-state index in [1.807, 2.05) is 22.4 Å². The second-order valence-corrected chi connectivity index (χ2v) is 6.48. The van der Waals surface area contributed by atoms with Gasteiger partial charge < -0.3 is 10.0 Å². The van der Waals surface area contributed by atoms with Crippen molar-refractivity contribution < 1.29 is 9.90 Å². The lowest BCUT2D eigenvalue weighted by Gasteiger charge is -2.27. The lowest BCUT2D eigenvalue weighted by atomic mass is 9.92. The van der Waals surface area contributed by atoms with Crippen LogP contribution in [0.5, 0.6) is 0 Å². The summed E-state index contributed by atoms with van der Waals surface area (Å²) in [7, 11) is 0. The van der Waals surface area contributed by atoms with E-state index in [-0.39, 0.29) is 18.4 Å². The Morgan fingerprint density at radius 1 is 1.42 bits per heavy atom. The van der Waals surface area contributed by atoms with Gasteiger partial charge in [0.05, 0.1) is 13.2 Å². The lowest BCUT2D eigenvalue weighted by molar-refractivity contribution is -0.137. The van der Waals surface area contributed by atoms with Crippen molar-refractivity contribution in [1.29, 1.82) is 0 Å². The fourth-order valence-corrected chi connectivity index (χ4v) is 4.00. The molecule has 3 rings (SSSR count). The largest absolute Gasteiger partial charge is 0.395 e. The summed E-state index contributed by atoms with van der Waals surface area (Å²) in [6.45, 7) is 1.11. The van der Waals surface area contributed by atoms with Crippen LogP contribution in [-0.4, -0.2) is 29.1 Å². The number of hydrogen-bond donors (Lipinski definition) is 1. The summed E-state index contributed by atoms with van der Waals surface area (Å²) in [5, 5.41) is 11.2. The first-order chi connectivity index (χ1) is 9.28. The molecule has 0 unspecified atom stereocenters. The fraction of sp³-hybridized carbons (Fsp3) is 0.533. The number of nitrogens with zero attached hydrogens (tertiary/aromatic N) is 1. The molecule has 1 saturated carbocycles. The number of rotatable bonds is 5. The molecule has 2 aliphatic rings. The maximum absolute atomic E-state index is 12.6. The Morgan fingerprint density at radius 2 is 2.32 bits per heavy atom. The van der Waals surface area contributed by atoms with Crippen LogP contribution in [0.25, 0.3) is 0 Å². The number of amides is 1. The Hall–Kier alpha value is -1.13. The third-order valence-electron chi connectivity index (χ3n) is 4.20. The first-order valence-electron chi connectivity index (χ1n) is 6.88. The number of carbonyl (C=O) groups is 1. The minimum Gasteiger partial charge on any atom is -0.395 e. The van der Waals surface area contributed by atoms with Gasteiger partial charge in [0.1, 0.15) is 0 Å². The molecule has 0 saturated heterocycles. The van der Waals surface area contributed by atoms with Crippen molar-refractivity contribution in [2.24, 2.45) is 17.8 Å². The molecule has 1 aromatic rings. The maximum atomic E-state index is 12.6. The SMILES string of the molecule is O=C([C@@H]1C[C@@H]2C=C[C@H]1C2)N(CCO)Cc1cccs1. The summed E-state index contributed by atoms with van der Waals surface area (Å²) >= 11 is 1.66. The van der Waals surface area contributed by atoms with Gasteiger partial charge in [0.2, 0.25) is 5.91 Å². The van der Waals surface area contributed by atoms with Gasteiger partial charge in [0.15, 0.2) is 0 Å². The molecule has 1 amide bonds. The third kappa shape index (κ3) is 2.60. The number of thiophene rings is 1. The molecule has 3 atom stereocenters. The topological polar surface area (TPSA) is 40.5 Å². The van der Waals surface area contributed by atoms with E-state index in [1.54, 1.807) is 11.3 Å². The quantitative estimate of drug-likeness (QED) is 0.839. The van der Waals surface area contributed by atoms with Crippen LogP contribution in [0.3, 0.4) is 0 Å². The first kappa shape index (κ1) is 12.9. The van der Waals surface area contributed by atoms with Gasteiger partial charge in [-0.25, -0.2) is 0 Å². The average molecular weight is 277 g/mol. The molecule has 1 fully saturated rings. The summed E-state index contributed by atoms with van der Waals surface area (Å²) in [5.74, 6) is 1.40. The summed E-state index contributed by atoms with van der Waals surface area (Å²) < 4.78 is 0. The molecule has 1 N–H and O–H groups in total. The minimum absolute atomic E-state index is 0.0355. The highest BCUT2D eigenvalue weighted by Gasteiger charge is 2.41. The number of aliphatic hydroxyl groups is 1. The Morgan fingerprint density at radius 3 is 2.89 bits per heavy atom. The van der Waals surface area contributed by atoms with E-state index in [9.17, 15) is 9.90 Å². The van der Waals surface area contributed by atoms with Gasteiger partial charge in [0.25, 0.3) is 0 Å². The normalized spacial score (nSPS) is 27.9. The van der Waals surface area contributed by atoms with Gasteiger partial charge in [0, 0.05) is 17.3 Å². The predicted molar refractivity (Wildman–Crippen MR) is 75.7 cm³/mol. The zero-order valence-corrected chi connectivity index (χ0v) is 11.7. The van der Waals surface area contributed by atoms with Gasteiger partial charge in [-0.2, -0.15) is 0 Å². The summed E-state index contributed by atoms with van der Waals surface area (Å²) in [4.78, 5) is 15.6. The highest BCUT2D eigenvalue weighted by atomic mass is 32.1. The molecule has 4 heteroatoms. The Balaban J connectivity index is 1.69. The molecule has 19 heavy (non-hydrogen) atoms. The van der Waals surface area contributed by atoms with E-state index >= 15 is 0 Å². The van der Waals surface area contributed by atoms with Crippen molar-refractivity contribution in [3.63, 3.8) is 0 Å². The van der Waals surface area contributed by atoms with Crippen LogP contribution in [0.2, 0.25) is 0 Å². The standard InChI is InChI=1S/C15H19NO2S/c17-6-5-16(10-13-2-1-7-19-13)15(18)14-9-11-3-4-12(14)8-11/h1-4,7,11-12,14,17H,5-6,8-10H2/t11-,12+,14-/m1/s1. The third-order valence-corrected chi connectivity index (χ3v) is 5.07. The molecule has 2 bridgehead atoms. The minimum atomic E-state index is 0.0355. The highest BCUT2D eigenvalue weighted by molar-refractivity contribution is 7.09. The van der Waals surface area contributed by atoms with Crippen molar-refractivity contribution in [1.82, 2.24) is 4.90 Å². The highest BCUT2D eigenvalue weighted by Crippen LogP contribution is 2.44. The Bertz CT molecular complexity index is 468. The molecule has 0 spiro atoms. The first-order valence-corrected chi connectivity index (χ1v) is 7.76. The zero-order chi connectivity index (χ0) is 13.2. The zero-order valence-electron chi connectivity index (χ0n) is 10.9. The van der Waals surface area contributed by atoms with E-state index in [4.69, 9.17) is 0 Å². The molecule has 0 aromatic carbocycles. The van der Waals surface area contributed by atoms with Crippen LogP contribution in [0.1, 0.15) is 17.7 Å². The lowest BCUT2D eigenvalue weighted by Crippen LogP contribution is -2.38. The number of aliphatic hydroxyl groups excluding tert-OH is 1. The van der Waals surface area contributed by atoms with Crippen molar-refractivity contribution in [3.05, 3.63) is 34.5 Å². The van der Waals surface area contributed by atoms with E-state index in [0.29, 0.717) is 24.9 Å². The number of fused-ring (bicyclic) bond motifs is 2. The van der Waals surface area contributed by atoms with Crippen LogP contribution in [-0.2, 0) is 11.3 Å². The molecular formula is C15H19NO2S. The molecule has 0 aliphatic heterocycles. The van der Waals surface area contributed by atoms with Crippen LogP contribution in [0.4, 0.5) is 0 Å². The summed E-state index contributed by atoms with van der Waals surface area (Å²) in [5.41, 5.74) is 0. The second-order valence-electron chi connectivity index (χ2n) is 5.45. The predicted octanol–water partition coefficient (Wildman–Crippen LogP) is 2.28. The van der Waals surface area contributed by atoms with Crippen molar-refractivity contribution in [2.75, 3.05) is 13.2 Å². The molecule has 1 heterocycles. The van der Waals surface area contributed by atoms with E-state index in [0.717, 1.165) is 12.8 Å². The van der Waals surface area contributed by atoms with Crippen molar-refractivity contribution in [3.8, 4) is 0 Å². The molecule has 3 nitrogen and oxygen atoms in total. The molecule has 2 aliphatic carbocycles. The number of allylic oxidation sites excluding steroid dienone is 2. The van der Waals surface area contributed by atoms with Crippen molar-refractivity contribution >= 4 is 17.2 Å². The maximum Gasteiger partial charge on any atom is 0.226 e. The van der Waals surface area contributed by atoms with Gasteiger partial charge in [-0.05, 0) is 36.1 Å².